The maximum atomic E-state index is 11.4. The minimum Gasteiger partial charge on any atom is -0.350 e. The summed E-state index contributed by atoms with van der Waals surface area (Å²) < 4.78 is 0. The van der Waals surface area contributed by atoms with Crippen molar-refractivity contribution in [2.45, 2.75) is 25.4 Å². The molecule has 3 rings (SSSR count). The largest absolute Gasteiger partial charge is 0.350 e. The molecule has 3 nitrogen and oxygen atoms in total. The molecular weight excluding hydrogens is 296 g/mol. The van der Waals surface area contributed by atoms with Gasteiger partial charge in [-0.1, -0.05) is 61.2 Å². The number of carbonyl (C=O) groups excluding carboxylic acids is 1. The Balaban J connectivity index is 1.52. The standard InChI is InChI=1S/C21H24N2O/c1-2-21(24)22-20-12-14-23(15-13-20)16-17-8-10-19(11-9-17)18-6-4-3-5-7-18/h2-11,20H,1,12-16H2,(H,22,24). The summed E-state index contributed by atoms with van der Waals surface area (Å²) >= 11 is 0. The Kier molecular flexibility index (Phi) is 5.44. The van der Waals surface area contributed by atoms with Crippen molar-refractivity contribution >= 4 is 5.91 Å². The van der Waals surface area contributed by atoms with Crippen molar-refractivity contribution in [1.29, 1.82) is 0 Å². The van der Waals surface area contributed by atoms with Gasteiger partial charge in [0.1, 0.15) is 0 Å². The Labute approximate surface area is 144 Å². The van der Waals surface area contributed by atoms with Crippen LogP contribution in [0.3, 0.4) is 0 Å². The van der Waals surface area contributed by atoms with E-state index in [0.717, 1.165) is 32.5 Å². The van der Waals surface area contributed by atoms with Crippen LogP contribution in [-0.4, -0.2) is 29.9 Å². The third-order valence-corrected chi connectivity index (χ3v) is 4.59. The molecule has 1 saturated heterocycles. The summed E-state index contributed by atoms with van der Waals surface area (Å²) in [4.78, 5) is 13.8. The Morgan fingerprint density at radius 2 is 1.67 bits per heavy atom. The molecule has 1 heterocycles. The van der Waals surface area contributed by atoms with E-state index in [0.29, 0.717) is 0 Å². The van der Waals surface area contributed by atoms with Crippen molar-refractivity contribution in [1.82, 2.24) is 10.2 Å². The predicted molar refractivity (Wildman–Crippen MR) is 98.5 cm³/mol. The summed E-state index contributed by atoms with van der Waals surface area (Å²) in [5, 5.41) is 2.99. The molecule has 0 unspecified atom stereocenters. The van der Waals surface area contributed by atoms with E-state index in [2.05, 4.69) is 65.3 Å². The highest BCUT2D eigenvalue weighted by atomic mass is 16.1. The molecule has 0 spiro atoms. The highest BCUT2D eigenvalue weighted by molar-refractivity contribution is 5.87. The zero-order chi connectivity index (χ0) is 16.8. The highest BCUT2D eigenvalue weighted by Gasteiger charge is 2.19. The number of nitrogens with one attached hydrogen (secondary N) is 1. The lowest BCUT2D eigenvalue weighted by Gasteiger charge is -2.32. The zero-order valence-electron chi connectivity index (χ0n) is 13.9. The van der Waals surface area contributed by atoms with Gasteiger partial charge in [-0.3, -0.25) is 9.69 Å². The molecule has 0 bridgehead atoms. The maximum absolute atomic E-state index is 11.4. The van der Waals surface area contributed by atoms with Gasteiger partial charge in [-0.25, -0.2) is 0 Å². The third-order valence-electron chi connectivity index (χ3n) is 4.59. The van der Waals surface area contributed by atoms with E-state index < -0.39 is 0 Å². The molecule has 0 radical (unpaired) electrons. The lowest BCUT2D eigenvalue weighted by molar-refractivity contribution is -0.117. The van der Waals surface area contributed by atoms with Crippen molar-refractivity contribution in [2.75, 3.05) is 13.1 Å². The summed E-state index contributed by atoms with van der Waals surface area (Å²) in [5.74, 6) is -0.0649. The Bertz CT molecular complexity index is 671. The predicted octanol–water partition coefficient (Wildman–Crippen LogP) is 3.62. The molecule has 2 aromatic carbocycles. The minimum atomic E-state index is -0.0649. The number of hydrogen-bond acceptors (Lipinski definition) is 2. The average molecular weight is 320 g/mol. The van der Waals surface area contributed by atoms with Gasteiger partial charge in [0.05, 0.1) is 0 Å². The second-order valence-corrected chi connectivity index (χ2v) is 6.33. The van der Waals surface area contributed by atoms with Crippen molar-refractivity contribution in [3.63, 3.8) is 0 Å². The average Bonchev–Trinajstić information content (AvgIpc) is 2.64. The third kappa shape index (κ3) is 4.33. The van der Waals surface area contributed by atoms with Crippen LogP contribution in [0.5, 0.6) is 0 Å². The molecule has 0 aromatic heterocycles. The molecular formula is C21H24N2O. The summed E-state index contributed by atoms with van der Waals surface area (Å²) in [6, 6.07) is 19.6. The van der Waals surface area contributed by atoms with Gasteiger partial charge in [0.2, 0.25) is 5.91 Å². The Hall–Kier alpha value is -2.39. The fraction of sp³-hybridized carbons (Fsp3) is 0.286. The van der Waals surface area contributed by atoms with E-state index >= 15 is 0 Å². The number of rotatable bonds is 5. The maximum Gasteiger partial charge on any atom is 0.243 e. The second kappa shape index (κ2) is 7.93. The van der Waals surface area contributed by atoms with E-state index in [9.17, 15) is 4.79 Å². The fourth-order valence-corrected chi connectivity index (χ4v) is 3.19. The van der Waals surface area contributed by atoms with Crippen LogP contribution in [0, 0.1) is 0 Å². The van der Waals surface area contributed by atoms with Crippen LogP contribution < -0.4 is 5.32 Å². The number of nitrogens with zero attached hydrogens (tertiary/aromatic N) is 1. The first-order chi connectivity index (χ1) is 11.7. The number of carbonyl (C=O) groups is 1. The van der Waals surface area contributed by atoms with Crippen LogP contribution in [0.1, 0.15) is 18.4 Å². The topological polar surface area (TPSA) is 32.3 Å². The molecule has 0 saturated carbocycles. The van der Waals surface area contributed by atoms with Crippen molar-refractivity contribution < 1.29 is 4.79 Å². The van der Waals surface area contributed by atoms with Crippen LogP contribution in [-0.2, 0) is 11.3 Å². The number of piperidine rings is 1. The second-order valence-electron chi connectivity index (χ2n) is 6.33. The number of hydrogen-bond donors (Lipinski definition) is 1. The molecule has 0 aliphatic carbocycles. The molecule has 1 aliphatic heterocycles. The van der Waals surface area contributed by atoms with Gasteiger partial charge in [0.15, 0.2) is 0 Å². The first-order valence-electron chi connectivity index (χ1n) is 8.54. The SMILES string of the molecule is C=CC(=O)NC1CCN(Cc2ccc(-c3ccccc3)cc2)CC1. The van der Waals surface area contributed by atoms with E-state index in [-0.39, 0.29) is 11.9 Å². The van der Waals surface area contributed by atoms with Gasteiger partial charge in [0, 0.05) is 25.7 Å². The van der Waals surface area contributed by atoms with Crippen LogP contribution in [0.2, 0.25) is 0 Å². The number of amides is 1. The van der Waals surface area contributed by atoms with E-state index in [1.165, 1.54) is 22.8 Å². The van der Waals surface area contributed by atoms with Crippen molar-refractivity contribution in [3.8, 4) is 11.1 Å². The van der Waals surface area contributed by atoms with E-state index in [1.807, 2.05) is 6.07 Å². The molecule has 124 valence electrons. The first-order valence-corrected chi connectivity index (χ1v) is 8.54. The summed E-state index contributed by atoms with van der Waals surface area (Å²) in [6.07, 6.45) is 3.35. The summed E-state index contributed by atoms with van der Waals surface area (Å²) in [5.41, 5.74) is 3.84. The van der Waals surface area contributed by atoms with Crippen LogP contribution in [0.4, 0.5) is 0 Å². The highest BCUT2D eigenvalue weighted by Crippen LogP contribution is 2.20. The lowest BCUT2D eigenvalue weighted by Crippen LogP contribution is -2.43. The first kappa shape index (κ1) is 16.5. The molecule has 2 aromatic rings. The van der Waals surface area contributed by atoms with Crippen molar-refractivity contribution in [2.24, 2.45) is 0 Å². The smallest absolute Gasteiger partial charge is 0.243 e. The van der Waals surface area contributed by atoms with Crippen LogP contribution in [0.25, 0.3) is 11.1 Å². The molecule has 0 atom stereocenters. The summed E-state index contributed by atoms with van der Waals surface area (Å²) in [7, 11) is 0. The zero-order valence-corrected chi connectivity index (χ0v) is 13.9. The fourth-order valence-electron chi connectivity index (χ4n) is 3.19. The molecule has 3 heteroatoms. The summed E-state index contributed by atoms with van der Waals surface area (Å²) in [6.45, 7) is 6.51. The van der Waals surface area contributed by atoms with E-state index in [1.54, 1.807) is 0 Å². The van der Waals surface area contributed by atoms with Gasteiger partial charge in [-0.2, -0.15) is 0 Å². The van der Waals surface area contributed by atoms with Crippen LogP contribution in [0.15, 0.2) is 67.3 Å². The van der Waals surface area contributed by atoms with E-state index in [4.69, 9.17) is 0 Å². The Morgan fingerprint density at radius 1 is 1.04 bits per heavy atom. The molecule has 1 aliphatic rings. The van der Waals surface area contributed by atoms with Crippen molar-refractivity contribution in [3.05, 3.63) is 72.8 Å². The molecule has 24 heavy (non-hydrogen) atoms. The molecule has 1 amide bonds. The molecule has 1 N–H and O–H groups in total. The van der Waals surface area contributed by atoms with Gasteiger partial charge in [-0.15, -0.1) is 0 Å². The van der Waals surface area contributed by atoms with Gasteiger partial charge in [0.25, 0.3) is 0 Å². The van der Waals surface area contributed by atoms with Gasteiger partial charge in [-0.05, 0) is 35.6 Å². The van der Waals surface area contributed by atoms with Gasteiger partial charge >= 0.3 is 0 Å². The molecule has 1 fully saturated rings. The monoisotopic (exact) mass is 320 g/mol. The lowest BCUT2D eigenvalue weighted by atomic mass is 10.0. The quantitative estimate of drug-likeness (QED) is 0.854. The Morgan fingerprint density at radius 3 is 2.29 bits per heavy atom. The van der Waals surface area contributed by atoms with Crippen LogP contribution >= 0.6 is 0 Å². The van der Waals surface area contributed by atoms with Gasteiger partial charge < -0.3 is 5.32 Å². The normalized spacial score (nSPS) is 15.8. The minimum absolute atomic E-state index is 0.0649. The number of benzene rings is 2. The number of likely N-dealkylation sites (tertiary alicyclic amines) is 1.